The Morgan fingerprint density at radius 3 is 2.06 bits per heavy atom. The molecule has 0 fully saturated rings. The predicted octanol–water partition coefficient (Wildman–Crippen LogP) is 2.20. The van der Waals surface area contributed by atoms with Gasteiger partial charge in [-0.25, -0.2) is 0 Å². The zero-order valence-electron chi connectivity index (χ0n) is 10.6. The molecule has 0 aliphatic heterocycles. The van der Waals surface area contributed by atoms with Gasteiger partial charge in [-0.2, -0.15) is 0 Å². The monoisotopic (exact) mass is 223 g/mol. The van der Waals surface area contributed by atoms with Crippen molar-refractivity contribution in [2.24, 2.45) is 0 Å². The molecule has 1 aromatic rings. The summed E-state index contributed by atoms with van der Waals surface area (Å²) >= 11 is 0. The van der Waals surface area contributed by atoms with Gasteiger partial charge in [0.05, 0.1) is 14.2 Å². The summed E-state index contributed by atoms with van der Waals surface area (Å²) in [5.41, 5.74) is 1.16. The molecule has 0 aliphatic rings. The molecule has 0 unspecified atom stereocenters. The third-order valence-electron chi connectivity index (χ3n) is 2.56. The van der Waals surface area contributed by atoms with E-state index in [1.807, 2.05) is 18.2 Å². The number of hydrogen-bond donors (Lipinski definition) is 0. The summed E-state index contributed by atoms with van der Waals surface area (Å²) in [7, 11) is 7.56. The standard InChI is InChI=1S/C13H21NO2/c1-14(2)10-6-7-11-12(15-3)8-5-9-13(11)16-4/h5,8-9H,6-7,10H2,1-4H3. The number of benzene rings is 1. The van der Waals surface area contributed by atoms with E-state index in [2.05, 4.69) is 19.0 Å². The zero-order valence-corrected chi connectivity index (χ0v) is 10.6. The van der Waals surface area contributed by atoms with E-state index >= 15 is 0 Å². The van der Waals surface area contributed by atoms with Crippen molar-refractivity contribution in [3.8, 4) is 11.5 Å². The molecule has 16 heavy (non-hydrogen) atoms. The summed E-state index contributed by atoms with van der Waals surface area (Å²) < 4.78 is 10.7. The first-order valence-electron chi connectivity index (χ1n) is 5.53. The van der Waals surface area contributed by atoms with Gasteiger partial charge in [-0.05, 0) is 45.6 Å². The second kappa shape index (κ2) is 6.38. The van der Waals surface area contributed by atoms with Gasteiger partial charge in [0.25, 0.3) is 0 Å². The molecule has 0 saturated carbocycles. The van der Waals surface area contributed by atoms with E-state index in [4.69, 9.17) is 9.47 Å². The minimum absolute atomic E-state index is 0.915. The van der Waals surface area contributed by atoms with Gasteiger partial charge in [0.2, 0.25) is 0 Å². The molecule has 0 bridgehead atoms. The van der Waals surface area contributed by atoms with Gasteiger partial charge in [-0.15, -0.1) is 0 Å². The van der Waals surface area contributed by atoms with Crippen molar-refractivity contribution in [1.82, 2.24) is 4.90 Å². The normalized spacial score (nSPS) is 10.6. The molecule has 90 valence electrons. The van der Waals surface area contributed by atoms with Crippen LogP contribution >= 0.6 is 0 Å². The SMILES string of the molecule is COc1cccc(OC)c1CCCN(C)C. The average molecular weight is 223 g/mol. The molecule has 0 heterocycles. The number of ether oxygens (including phenoxy) is 2. The van der Waals surface area contributed by atoms with E-state index in [9.17, 15) is 0 Å². The summed E-state index contributed by atoms with van der Waals surface area (Å²) in [6, 6.07) is 5.91. The molecule has 0 N–H and O–H groups in total. The molecule has 3 heteroatoms. The predicted molar refractivity (Wildman–Crippen MR) is 66.4 cm³/mol. The first-order valence-corrected chi connectivity index (χ1v) is 5.53. The van der Waals surface area contributed by atoms with Crippen molar-refractivity contribution in [2.75, 3.05) is 34.9 Å². The summed E-state index contributed by atoms with van der Waals surface area (Å²) in [5, 5.41) is 0. The Hall–Kier alpha value is -1.22. The van der Waals surface area contributed by atoms with Crippen molar-refractivity contribution in [1.29, 1.82) is 0 Å². The van der Waals surface area contributed by atoms with E-state index in [1.54, 1.807) is 14.2 Å². The second-order valence-corrected chi connectivity index (χ2v) is 4.05. The highest BCUT2D eigenvalue weighted by Crippen LogP contribution is 2.29. The third kappa shape index (κ3) is 3.42. The van der Waals surface area contributed by atoms with Crippen LogP contribution in [-0.4, -0.2) is 39.8 Å². The summed E-state index contributed by atoms with van der Waals surface area (Å²) in [6.45, 7) is 1.07. The molecule has 0 amide bonds. The van der Waals surface area contributed by atoms with Crippen molar-refractivity contribution >= 4 is 0 Å². The maximum Gasteiger partial charge on any atom is 0.125 e. The van der Waals surface area contributed by atoms with Crippen LogP contribution in [0.2, 0.25) is 0 Å². The Bertz CT molecular complexity index is 301. The molecule has 0 saturated heterocycles. The van der Waals surface area contributed by atoms with Gasteiger partial charge in [0.1, 0.15) is 11.5 Å². The first-order chi connectivity index (χ1) is 7.69. The highest BCUT2D eigenvalue weighted by molar-refractivity contribution is 5.44. The highest BCUT2D eigenvalue weighted by Gasteiger charge is 2.09. The largest absolute Gasteiger partial charge is 0.496 e. The Labute approximate surface area is 98.0 Å². The number of rotatable bonds is 6. The fourth-order valence-electron chi connectivity index (χ4n) is 1.75. The summed E-state index contributed by atoms with van der Waals surface area (Å²) in [6.07, 6.45) is 2.08. The summed E-state index contributed by atoms with van der Waals surface area (Å²) in [5.74, 6) is 1.83. The molecule has 0 aromatic heterocycles. The van der Waals surface area contributed by atoms with Crippen molar-refractivity contribution < 1.29 is 9.47 Å². The quantitative estimate of drug-likeness (QED) is 0.738. The van der Waals surface area contributed by atoms with Crippen molar-refractivity contribution in [3.05, 3.63) is 23.8 Å². The van der Waals surface area contributed by atoms with Crippen molar-refractivity contribution in [2.45, 2.75) is 12.8 Å². The Morgan fingerprint density at radius 1 is 1.06 bits per heavy atom. The highest BCUT2D eigenvalue weighted by atomic mass is 16.5. The van der Waals surface area contributed by atoms with Crippen LogP contribution < -0.4 is 9.47 Å². The minimum atomic E-state index is 0.915. The van der Waals surface area contributed by atoms with Crippen LogP contribution in [0.15, 0.2) is 18.2 Å². The van der Waals surface area contributed by atoms with Gasteiger partial charge in [0, 0.05) is 5.56 Å². The van der Waals surface area contributed by atoms with Crippen LogP contribution in [0.5, 0.6) is 11.5 Å². The molecule has 0 spiro atoms. The molecule has 0 atom stereocenters. The van der Waals surface area contributed by atoms with E-state index < -0.39 is 0 Å². The van der Waals surface area contributed by atoms with Gasteiger partial charge in [0.15, 0.2) is 0 Å². The lowest BCUT2D eigenvalue weighted by Gasteiger charge is -2.14. The van der Waals surface area contributed by atoms with E-state index in [-0.39, 0.29) is 0 Å². The number of methoxy groups -OCH3 is 2. The third-order valence-corrected chi connectivity index (χ3v) is 2.56. The number of nitrogens with zero attached hydrogens (tertiary/aromatic N) is 1. The van der Waals surface area contributed by atoms with E-state index in [0.29, 0.717) is 0 Å². The van der Waals surface area contributed by atoms with Crippen LogP contribution in [0.25, 0.3) is 0 Å². The van der Waals surface area contributed by atoms with Gasteiger partial charge >= 0.3 is 0 Å². The molecule has 0 radical (unpaired) electrons. The van der Waals surface area contributed by atoms with Gasteiger partial charge < -0.3 is 14.4 Å². The van der Waals surface area contributed by atoms with Crippen LogP contribution in [0.1, 0.15) is 12.0 Å². The minimum Gasteiger partial charge on any atom is -0.496 e. The molecule has 1 rings (SSSR count). The van der Waals surface area contributed by atoms with Crippen molar-refractivity contribution in [3.63, 3.8) is 0 Å². The van der Waals surface area contributed by atoms with Crippen LogP contribution in [0, 0.1) is 0 Å². The van der Waals surface area contributed by atoms with Crippen LogP contribution in [0.3, 0.4) is 0 Å². The molecule has 0 aliphatic carbocycles. The molecular weight excluding hydrogens is 202 g/mol. The fourth-order valence-corrected chi connectivity index (χ4v) is 1.75. The lowest BCUT2D eigenvalue weighted by molar-refractivity contribution is 0.374. The topological polar surface area (TPSA) is 21.7 Å². The number of hydrogen-bond acceptors (Lipinski definition) is 3. The zero-order chi connectivity index (χ0) is 12.0. The molecule has 3 nitrogen and oxygen atoms in total. The maximum atomic E-state index is 5.35. The Morgan fingerprint density at radius 2 is 1.62 bits per heavy atom. The lowest BCUT2D eigenvalue weighted by Crippen LogP contribution is -2.13. The Balaban J connectivity index is 2.74. The van der Waals surface area contributed by atoms with Gasteiger partial charge in [-0.3, -0.25) is 0 Å². The van der Waals surface area contributed by atoms with Crippen LogP contribution in [-0.2, 0) is 6.42 Å². The Kier molecular flexibility index (Phi) is 5.12. The second-order valence-electron chi connectivity index (χ2n) is 4.05. The average Bonchev–Trinajstić information content (AvgIpc) is 2.28. The van der Waals surface area contributed by atoms with E-state index in [1.165, 1.54) is 0 Å². The maximum absolute atomic E-state index is 5.35. The van der Waals surface area contributed by atoms with Gasteiger partial charge in [-0.1, -0.05) is 6.07 Å². The first kappa shape index (κ1) is 12.8. The van der Waals surface area contributed by atoms with E-state index in [0.717, 1.165) is 36.4 Å². The lowest BCUT2D eigenvalue weighted by atomic mass is 10.1. The molecule has 1 aromatic carbocycles. The fraction of sp³-hybridized carbons (Fsp3) is 0.538. The smallest absolute Gasteiger partial charge is 0.125 e. The summed E-state index contributed by atoms with van der Waals surface area (Å²) in [4.78, 5) is 2.18. The molecular formula is C13H21NO2. The van der Waals surface area contributed by atoms with Crippen LogP contribution in [0.4, 0.5) is 0 Å².